The molecule has 4 nitrogen and oxygen atoms in total. The molecular formula is C14H24O4. The average Bonchev–Trinajstić information content (AvgIpc) is 2.64. The van der Waals surface area contributed by atoms with Crippen molar-refractivity contribution in [2.75, 3.05) is 13.2 Å². The number of aliphatic carboxylic acids is 1. The molecule has 1 aliphatic rings. The van der Waals surface area contributed by atoms with Crippen molar-refractivity contribution in [1.82, 2.24) is 0 Å². The van der Waals surface area contributed by atoms with Crippen LogP contribution < -0.4 is 0 Å². The molecule has 18 heavy (non-hydrogen) atoms. The Bertz CT molecular complexity index is 305. The minimum Gasteiger partial charge on any atom is -0.481 e. The maximum atomic E-state index is 10.8. The van der Waals surface area contributed by atoms with Crippen LogP contribution in [0.4, 0.5) is 0 Å². The smallest absolute Gasteiger partial charge is 0.303 e. The predicted octanol–water partition coefficient (Wildman–Crippen LogP) is 2.83. The third kappa shape index (κ3) is 4.42. The van der Waals surface area contributed by atoms with E-state index in [9.17, 15) is 4.79 Å². The molecule has 0 aliphatic carbocycles. The van der Waals surface area contributed by atoms with E-state index in [1.165, 1.54) is 0 Å². The molecule has 2 atom stereocenters. The fourth-order valence-corrected chi connectivity index (χ4v) is 2.55. The third-order valence-corrected chi connectivity index (χ3v) is 3.62. The van der Waals surface area contributed by atoms with Crippen molar-refractivity contribution < 1.29 is 19.4 Å². The van der Waals surface area contributed by atoms with E-state index in [1.54, 1.807) is 0 Å². The predicted molar refractivity (Wildman–Crippen MR) is 69.3 cm³/mol. The molecule has 1 N–H and O–H groups in total. The summed E-state index contributed by atoms with van der Waals surface area (Å²) in [5.74, 6) is -0.972. The summed E-state index contributed by atoms with van der Waals surface area (Å²) in [6, 6.07) is 0. The van der Waals surface area contributed by atoms with Gasteiger partial charge in [-0.3, -0.25) is 4.79 Å². The number of hydrogen-bond acceptors (Lipinski definition) is 3. The van der Waals surface area contributed by atoms with Gasteiger partial charge in [0.2, 0.25) is 0 Å². The summed E-state index contributed by atoms with van der Waals surface area (Å²) in [7, 11) is 0. The molecule has 1 heterocycles. The highest BCUT2D eigenvalue weighted by Crippen LogP contribution is 2.32. The van der Waals surface area contributed by atoms with E-state index in [1.807, 2.05) is 20.8 Å². The molecule has 0 aromatic carbocycles. The molecule has 1 aliphatic heterocycles. The molecule has 1 fully saturated rings. The fraction of sp³-hybridized carbons (Fsp3) is 0.786. The number of carboxylic acids is 1. The molecule has 0 aromatic rings. The molecular weight excluding hydrogens is 232 g/mol. The molecule has 1 unspecified atom stereocenters. The van der Waals surface area contributed by atoms with Crippen LogP contribution in [-0.2, 0) is 14.3 Å². The van der Waals surface area contributed by atoms with Gasteiger partial charge in [-0.15, -0.1) is 0 Å². The minimum atomic E-state index is -0.756. The van der Waals surface area contributed by atoms with Crippen LogP contribution in [0.1, 0.15) is 40.0 Å². The molecule has 0 radical (unpaired) electrons. The Morgan fingerprint density at radius 1 is 1.44 bits per heavy atom. The van der Waals surface area contributed by atoms with Crippen LogP contribution in [0.3, 0.4) is 0 Å². The van der Waals surface area contributed by atoms with Crippen molar-refractivity contribution >= 4 is 5.97 Å². The van der Waals surface area contributed by atoms with Gasteiger partial charge in [0, 0.05) is 12.8 Å². The highest BCUT2D eigenvalue weighted by molar-refractivity contribution is 5.67. The van der Waals surface area contributed by atoms with Crippen LogP contribution in [0.25, 0.3) is 0 Å². The van der Waals surface area contributed by atoms with Crippen LogP contribution in [0.2, 0.25) is 0 Å². The number of carbonyl (C=O) groups is 1. The van der Waals surface area contributed by atoms with Crippen LogP contribution in [0, 0.1) is 11.8 Å². The molecule has 0 bridgehead atoms. The summed E-state index contributed by atoms with van der Waals surface area (Å²) >= 11 is 0. The summed E-state index contributed by atoms with van der Waals surface area (Å²) in [6.07, 6.45) is 1.80. The lowest BCUT2D eigenvalue weighted by Crippen LogP contribution is -2.28. The molecule has 4 heteroatoms. The number of hydrogen-bond donors (Lipinski definition) is 1. The minimum absolute atomic E-state index is 0.0880. The van der Waals surface area contributed by atoms with E-state index >= 15 is 0 Å². The van der Waals surface area contributed by atoms with E-state index in [0.29, 0.717) is 13.2 Å². The van der Waals surface area contributed by atoms with E-state index in [4.69, 9.17) is 14.6 Å². The maximum absolute atomic E-state index is 10.8. The monoisotopic (exact) mass is 256 g/mol. The Balaban J connectivity index is 2.52. The fourth-order valence-electron chi connectivity index (χ4n) is 2.55. The van der Waals surface area contributed by atoms with Gasteiger partial charge in [0.15, 0.2) is 5.79 Å². The zero-order chi connectivity index (χ0) is 13.8. The Hall–Kier alpha value is -0.870. The van der Waals surface area contributed by atoms with Crippen molar-refractivity contribution in [2.24, 2.45) is 11.8 Å². The van der Waals surface area contributed by atoms with Gasteiger partial charge in [-0.05, 0) is 32.1 Å². The van der Waals surface area contributed by atoms with Gasteiger partial charge in [0.05, 0.1) is 13.2 Å². The number of ether oxygens (including phenoxy) is 2. The van der Waals surface area contributed by atoms with Crippen molar-refractivity contribution in [2.45, 2.75) is 45.8 Å². The molecule has 104 valence electrons. The highest BCUT2D eigenvalue weighted by Gasteiger charge is 2.32. The lowest BCUT2D eigenvalue weighted by Gasteiger charge is -2.28. The zero-order valence-electron chi connectivity index (χ0n) is 11.6. The second kappa shape index (κ2) is 6.34. The quantitative estimate of drug-likeness (QED) is 0.712. The van der Waals surface area contributed by atoms with Crippen LogP contribution in [0.5, 0.6) is 0 Å². The topological polar surface area (TPSA) is 55.8 Å². The first kappa shape index (κ1) is 15.2. The Morgan fingerprint density at radius 3 is 2.44 bits per heavy atom. The lowest BCUT2D eigenvalue weighted by molar-refractivity contribution is -0.149. The molecule has 0 spiro atoms. The Labute approximate surface area is 109 Å². The third-order valence-electron chi connectivity index (χ3n) is 3.62. The number of allylic oxidation sites excluding steroid dienone is 1. The SMILES string of the molecule is C=C(C)[C@H](CCC1(C)OCCO1)C(C)CC(=O)O. The van der Waals surface area contributed by atoms with Gasteiger partial charge in [-0.1, -0.05) is 19.1 Å². The summed E-state index contributed by atoms with van der Waals surface area (Å²) < 4.78 is 11.1. The van der Waals surface area contributed by atoms with Gasteiger partial charge in [0.1, 0.15) is 0 Å². The van der Waals surface area contributed by atoms with E-state index in [2.05, 4.69) is 6.58 Å². The van der Waals surface area contributed by atoms with Gasteiger partial charge in [-0.25, -0.2) is 0 Å². The standard InChI is InChI=1S/C14H24O4/c1-10(2)12(11(3)9-13(15)16)5-6-14(4)17-7-8-18-14/h11-12H,1,5-9H2,2-4H3,(H,15,16)/t11?,12-/m0/s1. The first-order valence-electron chi connectivity index (χ1n) is 6.49. The van der Waals surface area contributed by atoms with Crippen LogP contribution in [-0.4, -0.2) is 30.1 Å². The van der Waals surface area contributed by atoms with Gasteiger partial charge >= 0.3 is 5.97 Å². The first-order chi connectivity index (χ1) is 8.34. The van der Waals surface area contributed by atoms with Gasteiger partial charge < -0.3 is 14.6 Å². The van der Waals surface area contributed by atoms with Crippen molar-refractivity contribution in [3.8, 4) is 0 Å². The largest absolute Gasteiger partial charge is 0.481 e. The summed E-state index contributed by atoms with van der Waals surface area (Å²) in [6.45, 7) is 11.1. The van der Waals surface area contributed by atoms with E-state index in [0.717, 1.165) is 18.4 Å². The van der Waals surface area contributed by atoms with Gasteiger partial charge in [-0.2, -0.15) is 0 Å². The van der Waals surface area contributed by atoms with Crippen LogP contribution >= 0.6 is 0 Å². The highest BCUT2D eigenvalue weighted by atomic mass is 16.7. The second-order valence-corrected chi connectivity index (χ2v) is 5.40. The van der Waals surface area contributed by atoms with E-state index in [-0.39, 0.29) is 18.3 Å². The first-order valence-corrected chi connectivity index (χ1v) is 6.49. The van der Waals surface area contributed by atoms with Crippen molar-refractivity contribution in [3.05, 3.63) is 12.2 Å². The maximum Gasteiger partial charge on any atom is 0.303 e. The zero-order valence-corrected chi connectivity index (χ0v) is 11.6. The molecule has 0 saturated carbocycles. The number of rotatable bonds is 7. The summed E-state index contributed by atoms with van der Waals surface area (Å²) in [5, 5.41) is 8.87. The molecule has 1 rings (SSSR count). The van der Waals surface area contributed by atoms with E-state index < -0.39 is 11.8 Å². The van der Waals surface area contributed by atoms with Crippen molar-refractivity contribution in [1.29, 1.82) is 0 Å². The van der Waals surface area contributed by atoms with Crippen molar-refractivity contribution in [3.63, 3.8) is 0 Å². The summed E-state index contributed by atoms with van der Waals surface area (Å²) in [4.78, 5) is 10.8. The van der Waals surface area contributed by atoms with Gasteiger partial charge in [0.25, 0.3) is 0 Å². The van der Waals surface area contributed by atoms with Crippen LogP contribution in [0.15, 0.2) is 12.2 Å². The molecule has 1 saturated heterocycles. The Morgan fingerprint density at radius 2 is 2.00 bits per heavy atom. The Kier molecular flexibility index (Phi) is 5.35. The molecule has 0 aromatic heterocycles. The average molecular weight is 256 g/mol. The molecule has 0 amide bonds. The normalized spacial score (nSPS) is 21.5. The second-order valence-electron chi connectivity index (χ2n) is 5.40. The summed E-state index contributed by atoms with van der Waals surface area (Å²) in [5.41, 5.74) is 1.03. The number of carboxylic acid groups (broad SMARTS) is 1. The lowest BCUT2D eigenvalue weighted by atomic mass is 9.82.